The van der Waals surface area contributed by atoms with Gasteiger partial charge in [0, 0.05) is 13.5 Å². The molecule has 168 valence electrons. The van der Waals surface area contributed by atoms with Crippen LogP contribution in [0.25, 0.3) is 22.9 Å². The van der Waals surface area contributed by atoms with Gasteiger partial charge in [-0.3, -0.25) is 9.69 Å². The highest BCUT2D eigenvalue weighted by atomic mass is 16.4. The fourth-order valence-electron chi connectivity index (χ4n) is 5.06. The first-order valence-corrected chi connectivity index (χ1v) is 11.3. The Bertz CT molecular complexity index is 1370. The second-order valence-electron chi connectivity index (χ2n) is 8.60. The number of carbonyl (C=O) groups excluding carboxylic acids is 1. The van der Waals surface area contributed by atoms with Gasteiger partial charge in [0.15, 0.2) is 17.0 Å². The maximum Gasteiger partial charge on any atom is 0.284 e. The number of nitrogens with one attached hydrogen (secondary N) is 1. The molecule has 1 aromatic carbocycles. The Kier molecular flexibility index (Phi) is 4.51. The van der Waals surface area contributed by atoms with Gasteiger partial charge in [0.05, 0.1) is 11.1 Å². The summed E-state index contributed by atoms with van der Waals surface area (Å²) in [4.78, 5) is 29.5. The van der Waals surface area contributed by atoms with E-state index in [2.05, 4.69) is 38.5 Å². The number of fused-ring (bicyclic) bond motifs is 3. The van der Waals surface area contributed by atoms with Gasteiger partial charge in [-0.2, -0.15) is 0 Å². The van der Waals surface area contributed by atoms with Crippen molar-refractivity contribution in [2.24, 2.45) is 7.05 Å². The number of anilines is 2. The molecule has 0 radical (unpaired) electrons. The molecule has 3 aromatic heterocycles. The minimum Gasteiger partial charge on any atom is -0.418 e. The molecule has 1 N–H and O–H groups in total. The smallest absolute Gasteiger partial charge is 0.284 e. The Morgan fingerprint density at radius 3 is 2.79 bits per heavy atom. The van der Waals surface area contributed by atoms with E-state index in [1.807, 2.05) is 25.2 Å². The zero-order valence-electron chi connectivity index (χ0n) is 18.6. The molecule has 10 heteroatoms. The van der Waals surface area contributed by atoms with Gasteiger partial charge in [0.2, 0.25) is 17.6 Å². The molecular weight excluding hydrogens is 420 g/mol. The Morgan fingerprint density at radius 2 is 1.97 bits per heavy atom. The summed E-state index contributed by atoms with van der Waals surface area (Å²) < 4.78 is 7.61. The Balaban J connectivity index is 1.51. The van der Waals surface area contributed by atoms with Crippen LogP contribution in [0.2, 0.25) is 0 Å². The van der Waals surface area contributed by atoms with Crippen LogP contribution in [0.15, 0.2) is 35.0 Å². The molecule has 0 unspecified atom stereocenters. The van der Waals surface area contributed by atoms with Crippen molar-refractivity contribution in [3.05, 3.63) is 42.0 Å². The zero-order chi connectivity index (χ0) is 22.6. The van der Waals surface area contributed by atoms with Gasteiger partial charge >= 0.3 is 0 Å². The molecule has 0 atom stereocenters. The van der Waals surface area contributed by atoms with Crippen molar-refractivity contribution in [1.29, 1.82) is 0 Å². The number of nitrogens with zero attached hydrogens (tertiary/aromatic N) is 7. The van der Waals surface area contributed by atoms with Crippen LogP contribution in [0.4, 0.5) is 11.5 Å². The van der Waals surface area contributed by atoms with Crippen molar-refractivity contribution in [3.63, 3.8) is 0 Å². The van der Waals surface area contributed by atoms with Gasteiger partial charge in [-0.15, -0.1) is 10.2 Å². The molecule has 0 aliphatic carbocycles. The van der Waals surface area contributed by atoms with Crippen LogP contribution < -0.4 is 10.2 Å². The molecule has 10 nitrogen and oxygen atoms in total. The van der Waals surface area contributed by atoms with Gasteiger partial charge in [0.25, 0.3) is 5.89 Å². The van der Waals surface area contributed by atoms with Crippen LogP contribution in [0.5, 0.6) is 0 Å². The van der Waals surface area contributed by atoms with E-state index in [0.717, 1.165) is 43.6 Å². The molecule has 5 heterocycles. The first-order chi connectivity index (χ1) is 16.1. The second kappa shape index (κ2) is 7.45. The van der Waals surface area contributed by atoms with Gasteiger partial charge < -0.3 is 14.3 Å². The maximum atomic E-state index is 14.0. The number of benzene rings is 1. The van der Waals surface area contributed by atoms with Crippen molar-refractivity contribution < 1.29 is 9.21 Å². The zero-order valence-corrected chi connectivity index (χ0v) is 18.6. The average Bonchev–Trinajstić information content (AvgIpc) is 3.50. The number of aromatic nitrogens is 6. The minimum atomic E-state index is -0.543. The predicted octanol–water partition coefficient (Wildman–Crippen LogP) is 2.67. The van der Waals surface area contributed by atoms with E-state index in [-0.39, 0.29) is 5.91 Å². The summed E-state index contributed by atoms with van der Waals surface area (Å²) in [6.45, 7) is 3.66. The SMILES string of the molecule is CCCc1nnc(-c2nc3c(N4C(=O)C5(CCNCC5)c5ccccc54)ncnc3n2C)o1. The number of rotatable bonds is 4. The van der Waals surface area contributed by atoms with Crippen molar-refractivity contribution >= 4 is 28.6 Å². The van der Waals surface area contributed by atoms with Gasteiger partial charge in [-0.25, -0.2) is 15.0 Å². The van der Waals surface area contributed by atoms with E-state index in [1.54, 1.807) is 9.47 Å². The number of imidazole rings is 1. The molecule has 1 spiro atoms. The summed E-state index contributed by atoms with van der Waals surface area (Å²) >= 11 is 0. The largest absolute Gasteiger partial charge is 0.418 e. The van der Waals surface area contributed by atoms with E-state index < -0.39 is 5.41 Å². The van der Waals surface area contributed by atoms with Crippen LogP contribution in [0, 0.1) is 0 Å². The highest BCUT2D eigenvalue weighted by molar-refractivity contribution is 6.15. The highest BCUT2D eigenvalue weighted by Crippen LogP contribution is 2.50. The van der Waals surface area contributed by atoms with Gasteiger partial charge in [0.1, 0.15) is 6.33 Å². The monoisotopic (exact) mass is 444 g/mol. The number of carbonyl (C=O) groups is 1. The molecular formula is C23H24N8O2. The first kappa shape index (κ1) is 20.0. The number of aryl methyl sites for hydroxylation is 2. The highest BCUT2D eigenvalue weighted by Gasteiger charge is 2.52. The Hall–Kier alpha value is -3.66. The lowest BCUT2D eigenvalue weighted by molar-refractivity contribution is -0.123. The third-order valence-corrected chi connectivity index (χ3v) is 6.70. The fraction of sp³-hybridized carbons (Fsp3) is 0.391. The minimum absolute atomic E-state index is 0.0421. The Morgan fingerprint density at radius 1 is 1.15 bits per heavy atom. The van der Waals surface area contributed by atoms with Crippen LogP contribution in [-0.2, 0) is 23.7 Å². The number of amides is 1. The fourth-order valence-corrected chi connectivity index (χ4v) is 5.06. The van der Waals surface area contributed by atoms with Crippen molar-refractivity contribution in [2.45, 2.75) is 38.0 Å². The second-order valence-corrected chi connectivity index (χ2v) is 8.60. The lowest BCUT2D eigenvalue weighted by Gasteiger charge is -2.32. The molecule has 33 heavy (non-hydrogen) atoms. The summed E-state index contributed by atoms with van der Waals surface area (Å²) in [6, 6.07) is 8.00. The molecule has 6 rings (SSSR count). The number of para-hydroxylation sites is 1. The molecule has 0 saturated carbocycles. The quantitative estimate of drug-likeness (QED) is 0.511. The summed E-state index contributed by atoms with van der Waals surface area (Å²) in [6.07, 6.45) is 4.60. The molecule has 0 bridgehead atoms. The van der Waals surface area contributed by atoms with Gasteiger partial charge in [-0.1, -0.05) is 25.1 Å². The lowest BCUT2D eigenvalue weighted by atomic mass is 9.74. The van der Waals surface area contributed by atoms with Gasteiger partial charge in [-0.05, 0) is 44.0 Å². The van der Waals surface area contributed by atoms with Crippen LogP contribution in [-0.4, -0.2) is 48.7 Å². The first-order valence-electron chi connectivity index (χ1n) is 11.3. The predicted molar refractivity (Wildman–Crippen MR) is 121 cm³/mol. The van der Waals surface area contributed by atoms with Crippen molar-refractivity contribution in [1.82, 2.24) is 35.0 Å². The molecule has 1 saturated heterocycles. The summed E-state index contributed by atoms with van der Waals surface area (Å²) in [5.41, 5.74) is 2.50. The summed E-state index contributed by atoms with van der Waals surface area (Å²) in [7, 11) is 1.85. The summed E-state index contributed by atoms with van der Waals surface area (Å²) in [5, 5.41) is 11.7. The van der Waals surface area contributed by atoms with E-state index in [0.29, 0.717) is 41.0 Å². The normalized spacial score (nSPS) is 17.3. The van der Waals surface area contributed by atoms with E-state index in [9.17, 15) is 4.79 Å². The number of hydrogen-bond donors (Lipinski definition) is 1. The lowest BCUT2D eigenvalue weighted by Crippen LogP contribution is -2.46. The van der Waals surface area contributed by atoms with Crippen molar-refractivity contribution in [3.8, 4) is 11.7 Å². The molecule has 4 aromatic rings. The maximum absolute atomic E-state index is 14.0. The van der Waals surface area contributed by atoms with E-state index in [4.69, 9.17) is 9.40 Å². The third kappa shape index (κ3) is 2.83. The number of hydrogen-bond acceptors (Lipinski definition) is 8. The molecule has 1 fully saturated rings. The standard InChI is InChI=1S/C23H24N8O2/c1-3-6-16-28-29-21(33-16)20-27-17-18(30(20)2)25-13-26-19(17)31-15-8-5-4-7-14(15)23(22(31)32)9-11-24-12-10-23/h4-5,7-8,13,24H,3,6,9-12H2,1-2H3. The van der Waals surface area contributed by atoms with Crippen molar-refractivity contribution in [2.75, 3.05) is 18.0 Å². The molecule has 2 aliphatic heterocycles. The molecule has 2 aliphatic rings. The van der Waals surface area contributed by atoms with E-state index in [1.165, 1.54) is 6.33 Å². The van der Waals surface area contributed by atoms with Crippen LogP contribution >= 0.6 is 0 Å². The Labute approximate surface area is 190 Å². The molecule has 1 amide bonds. The summed E-state index contributed by atoms with van der Waals surface area (Å²) in [5.74, 6) is 1.91. The van der Waals surface area contributed by atoms with Crippen LogP contribution in [0.1, 0.15) is 37.6 Å². The number of piperidine rings is 1. The third-order valence-electron chi connectivity index (χ3n) is 6.70. The topological polar surface area (TPSA) is 115 Å². The van der Waals surface area contributed by atoms with Crippen LogP contribution in [0.3, 0.4) is 0 Å². The van der Waals surface area contributed by atoms with E-state index >= 15 is 0 Å². The average molecular weight is 444 g/mol.